The molecule has 1 unspecified atom stereocenters. The number of aryl methyl sites for hydroxylation is 4. The van der Waals surface area contributed by atoms with Crippen molar-refractivity contribution in [3.05, 3.63) is 58.7 Å². The van der Waals surface area contributed by atoms with Crippen LogP contribution in [0.15, 0.2) is 41.3 Å². The monoisotopic (exact) mass is 400 g/mol. The summed E-state index contributed by atoms with van der Waals surface area (Å²) in [7, 11) is -3.61. The summed E-state index contributed by atoms with van der Waals surface area (Å²) >= 11 is 0. The fourth-order valence-corrected chi connectivity index (χ4v) is 5.52. The van der Waals surface area contributed by atoms with E-state index in [1.807, 2.05) is 51.1 Å². The van der Waals surface area contributed by atoms with E-state index in [1.165, 1.54) is 4.31 Å². The van der Waals surface area contributed by atoms with E-state index in [1.54, 1.807) is 13.0 Å². The number of benzene rings is 2. The first-order chi connectivity index (χ1) is 13.2. The minimum atomic E-state index is -3.61. The number of rotatable bonds is 4. The van der Waals surface area contributed by atoms with Gasteiger partial charge in [0.05, 0.1) is 10.8 Å². The lowest BCUT2D eigenvalue weighted by atomic mass is 9.98. The number of hydrogen-bond donors (Lipinski definition) is 1. The molecular formula is C22H28N2O3S. The lowest BCUT2D eigenvalue weighted by molar-refractivity contribution is -0.120. The minimum absolute atomic E-state index is 0.118. The number of amides is 1. The molecule has 1 atom stereocenters. The van der Waals surface area contributed by atoms with Crippen LogP contribution in [-0.4, -0.2) is 31.7 Å². The van der Waals surface area contributed by atoms with Gasteiger partial charge in [0.1, 0.15) is 0 Å². The van der Waals surface area contributed by atoms with Gasteiger partial charge in [0, 0.05) is 18.8 Å². The second-order valence-electron chi connectivity index (χ2n) is 7.78. The van der Waals surface area contributed by atoms with Crippen molar-refractivity contribution in [3.63, 3.8) is 0 Å². The third-order valence-electron chi connectivity index (χ3n) is 5.36. The molecule has 2 aromatic carbocycles. The molecule has 1 amide bonds. The molecule has 28 heavy (non-hydrogen) atoms. The number of nitrogens with zero attached hydrogens (tertiary/aromatic N) is 1. The minimum Gasteiger partial charge on any atom is -0.326 e. The molecule has 5 nitrogen and oxygen atoms in total. The van der Waals surface area contributed by atoms with Gasteiger partial charge >= 0.3 is 0 Å². The summed E-state index contributed by atoms with van der Waals surface area (Å²) in [6, 6.07) is 11.3. The Kier molecular flexibility index (Phi) is 5.91. The molecule has 1 heterocycles. The number of anilines is 1. The highest BCUT2D eigenvalue weighted by Crippen LogP contribution is 2.27. The van der Waals surface area contributed by atoms with Gasteiger partial charge in [-0.2, -0.15) is 4.31 Å². The lowest BCUT2D eigenvalue weighted by Gasteiger charge is -2.31. The molecule has 1 fully saturated rings. The Balaban J connectivity index is 1.78. The first-order valence-corrected chi connectivity index (χ1v) is 11.1. The van der Waals surface area contributed by atoms with Crippen molar-refractivity contribution in [1.29, 1.82) is 0 Å². The van der Waals surface area contributed by atoms with Crippen LogP contribution in [0.25, 0.3) is 0 Å². The van der Waals surface area contributed by atoms with E-state index in [4.69, 9.17) is 0 Å². The third kappa shape index (κ3) is 4.28. The Morgan fingerprint density at radius 2 is 1.68 bits per heavy atom. The Labute approximate surface area is 167 Å². The van der Waals surface area contributed by atoms with Crippen molar-refractivity contribution < 1.29 is 13.2 Å². The smallest absolute Gasteiger partial charge is 0.243 e. The van der Waals surface area contributed by atoms with Crippen LogP contribution < -0.4 is 5.32 Å². The van der Waals surface area contributed by atoms with Crippen LogP contribution in [0.2, 0.25) is 0 Å². The Hall–Kier alpha value is -2.18. The number of sulfonamides is 1. The Bertz CT molecular complexity index is 999. The molecule has 2 aromatic rings. The predicted molar refractivity (Wildman–Crippen MR) is 112 cm³/mol. The molecule has 0 aromatic heterocycles. The largest absolute Gasteiger partial charge is 0.326 e. The van der Waals surface area contributed by atoms with Crippen molar-refractivity contribution in [2.24, 2.45) is 5.92 Å². The van der Waals surface area contributed by atoms with Gasteiger partial charge in [-0.3, -0.25) is 4.79 Å². The highest BCUT2D eigenvalue weighted by atomic mass is 32.2. The molecule has 0 bridgehead atoms. The summed E-state index contributed by atoms with van der Waals surface area (Å²) in [6.45, 7) is 8.32. The third-order valence-corrected chi connectivity index (χ3v) is 7.36. The number of carbonyl (C=O) groups excluding carboxylic acids is 1. The van der Waals surface area contributed by atoms with Crippen molar-refractivity contribution in [3.8, 4) is 0 Å². The molecule has 0 saturated carbocycles. The van der Waals surface area contributed by atoms with Crippen LogP contribution in [-0.2, 0) is 14.8 Å². The van der Waals surface area contributed by atoms with E-state index in [2.05, 4.69) is 5.32 Å². The van der Waals surface area contributed by atoms with Crippen LogP contribution in [0.3, 0.4) is 0 Å². The van der Waals surface area contributed by atoms with Gasteiger partial charge in [0.25, 0.3) is 0 Å². The maximum atomic E-state index is 13.2. The normalized spacial score (nSPS) is 18.1. The van der Waals surface area contributed by atoms with Gasteiger partial charge in [0.2, 0.25) is 15.9 Å². The van der Waals surface area contributed by atoms with Gasteiger partial charge in [-0.05, 0) is 69.4 Å². The summed E-state index contributed by atoms with van der Waals surface area (Å²) in [5.74, 6) is -0.470. The average molecular weight is 401 g/mol. The van der Waals surface area contributed by atoms with Crippen molar-refractivity contribution in [1.82, 2.24) is 4.31 Å². The number of nitrogens with one attached hydrogen (secondary N) is 1. The first-order valence-electron chi connectivity index (χ1n) is 9.64. The van der Waals surface area contributed by atoms with Crippen molar-refractivity contribution >= 4 is 21.6 Å². The van der Waals surface area contributed by atoms with Gasteiger partial charge < -0.3 is 5.32 Å². The zero-order valence-corrected chi connectivity index (χ0v) is 17.8. The molecule has 1 aliphatic rings. The average Bonchev–Trinajstić information content (AvgIpc) is 2.66. The van der Waals surface area contributed by atoms with Gasteiger partial charge in [-0.1, -0.05) is 29.8 Å². The maximum absolute atomic E-state index is 13.2. The molecule has 3 rings (SSSR count). The summed E-state index contributed by atoms with van der Waals surface area (Å²) in [5.41, 5.74) is 4.56. The van der Waals surface area contributed by atoms with Crippen LogP contribution in [0.4, 0.5) is 5.69 Å². The van der Waals surface area contributed by atoms with Gasteiger partial charge in [-0.25, -0.2) is 8.42 Å². The van der Waals surface area contributed by atoms with Crippen molar-refractivity contribution in [2.75, 3.05) is 18.4 Å². The fourth-order valence-electron chi connectivity index (χ4n) is 3.69. The molecular weight excluding hydrogens is 372 g/mol. The summed E-state index contributed by atoms with van der Waals surface area (Å²) < 4.78 is 27.8. The van der Waals surface area contributed by atoms with E-state index < -0.39 is 10.0 Å². The van der Waals surface area contributed by atoms with Crippen molar-refractivity contribution in [2.45, 2.75) is 45.4 Å². The highest BCUT2D eigenvalue weighted by molar-refractivity contribution is 7.89. The van der Waals surface area contributed by atoms with Gasteiger partial charge in [-0.15, -0.1) is 0 Å². The van der Waals surface area contributed by atoms with E-state index in [0.29, 0.717) is 24.3 Å². The Morgan fingerprint density at radius 3 is 2.39 bits per heavy atom. The standard InChI is InChI=1S/C22H28N2O3S/c1-15-8-10-20(18(4)12-15)23-22(25)19-6-5-11-24(14-19)28(26,27)21-13-16(2)7-9-17(21)3/h7-10,12-13,19H,5-6,11,14H2,1-4H3,(H,23,25). The zero-order valence-electron chi connectivity index (χ0n) is 17.0. The molecule has 150 valence electrons. The maximum Gasteiger partial charge on any atom is 0.243 e. The van der Waals surface area contributed by atoms with E-state index >= 15 is 0 Å². The molecule has 1 N–H and O–H groups in total. The molecule has 0 spiro atoms. The zero-order chi connectivity index (χ0) is 20.5. The van der Waals surface area contributed by atoms with Crippen LogP contribution in [0.1, 0.15) is 35.1 Å². The summed E-state index contributed by atoms with van der Waals surface area (Å²) in [4.78, 5) is 13.1. The number of hydrogen-bond acceptors (Lipinski definition) is 3. The van der Waals surface area contributed by atoms with Crippen LogP contribution in [0.5, 0.6) is 0 Å². The lowest BCUT2D eigenvalue weighted by Crippen LogP contribution is -2.43. The number of piperidine rings is 1. The van der Waals surface area contributed by atoms with Gasteiger partial charge in [0.15, 0.2) is 0 Å². The SMILES string of the molecule is Cc1ccc(NC(=O)C2CCCN(S(=O)(=O)c3cc(C)ccc3C)C2)c(C)c1. The molecule has 1 saturated heterocycles. The van der Waals surface area contributed by atoms with E-state index in [0.717, 1.165) is 27.9 Å². The van der Waals surface area contributed by atoms with Crippen LogP contribution >= 0.6 is 0 Å². The quantitative estimate of drug-likeness (QED) is 0.845. The molecule has 0 aliphatic carbocycles. The second-order valence-corrected chi connectivity index (χ2v) is 9.69. The fraction of sp³-hybridized carbons (Fsp3) is 0.409. The molecule has 0 radical (unpaired) electrons. The predicted octanol–water partition coefficient (Wildman–Crippen LogP) is 3.96. The second kappa shape index (κ2) is 8.05. The molecule has 1 aliphatic heterocycles. The van der Waals surface area contributed by atoms with Crippen LogP contribution in [0, 0.1) is 33.6 Å². The Morgan fingerprint density at radius 1 is 1.00 bits per heavy atom. The molecule has 6 heteroatoms. The first kappa shape index (κ1) is 20.6. The van der Waals surface area contributed by atoms with E-state index in [9.17, 15) is 13.2 Å². The highest BCUT2D eigenvalue weighted by Gasteiger charge is 2.34. The topological polar surface area (TPSA) is 66.5 Å². The summed E-state index contributed by atoms with van der Waals surface area (Å²) in [5, 5.41) is 2.98. The summed E-state index contributed by atoms with van der Waals surface area (Å²) in [6.07, 6.45) is 1.37. The number of carbonyl (C=O) groups is 1. The van der Waals surface area contributed by atoms with E-state index in [-0.39, 0.29) is 18.4 Å².